The van der Waals surface area contributed by atoms with Crippen LogP contribution in [0.15, 0.2) is 30.3 Å². The van der Waals surface area contributed by atoms with Crippen molar-refractivity contribution in [2.75, 3.05) is 0 Å². The second-order valence-electron chi connectivity index (χ2n) is 3.88. The van der Waals surface area contributed by atoms with Gasteiger partial charge in [-0.2, -0.15) is 0 Å². The lowest BCUT2D eigenvalue weighted by atomic mass is 10.3. The topological polar surface area (TPSA) is 20.7 Å². The van der Waals surface area contributed by atoms with Gasteiger partial charge in [0.2, 0.25) is 0 Å². The molecule has 6 heteroatoms. The van der Waals surface area contributed by atoms with E-state index >= 15 is 0 Å². The zero-order valence-electron chi connectivity index (χ0n) is 9.11. The summed E-state index contributed by atoms with van der Waals surface area (Å²) in [6, 6.07) is 9.63. The number of halogens is 2. The lowest BCUT2D eigenvalue weighted by Crippen LogP contribution is -1.97. The third-order valence-corrected chi connectivity index (χ3v) is 4.45. The number of thiophene rings is 1. The van der Waals surface area contributed by atoms with E-state index in [0.717, 1.165) is 21.9 Å². The number of nitrogens with one attached hydrogen (secondary N) is 1. The first-order valence-corrected chi connectivity index (χ1v) is 7.24. The van der Waals surface area contributed by atoms with Crippen molar-refractivity contribution in [3.8, 4) is 0 Å². The third-order valence-electron chi connectivity index (χ3n) is 2.68. The molecular formula is C12H8Cl2N2S2. The number of hydrogen-bond donors (Lipinski definition) is 1. The summed E-state index contributed by atoms with van der Waals surface area (Å²) in [5.74, 6) is 0. The average Bonchev–Trinajstić information content (AvgIpc) is 2.84. The van der Waals surface area contributed by atoms with Crippen LogP contribution in [0.1, 0.15) is 4.88 Å². The van der Waals surface area contributed by atoms with Gasteiger partial charge in [0.1, 0.15) is 0 Å². The van der Waals surface area contributed by atoms with E-state index in [1.807, 2.05) is 34.9 Å². The molecule has 0 spiro atoms. The van der Waals surface area contributed by atoms with Crippen LogP contribution < -0.4 is 0 Å². The molecule has 2 aromatic heterocycles. The third kappa shape index (κ3) is 2.21. The predicted molar refractivity (Wildman–Crippen MR) is 80.6 cm³/mol. The molecule has 18 heavy (non-hydrogen) atoms. The summed E-state index contributed by atoms with van der Waals surface area (Å²) in [5.41, 5.74) is 2.00. The summed E-state index contributed by atoms with van der Waals surface area (Å²) < 4.78 is 3.53. The van der Waals surface area contributed by atoms with Crippen molar-refractivity contribution in [2.24, 2.45) is 0 Å². The van der Waals surface area contributed by atoms with Gasteiger partial charge in [-0.1, -0.05) is 23.2 Å². The molecule has 0 bridgehead atoms. The molecule has 0 unspecified atom stereocenters. The van der Waals surface area contributed by atoms with Gasteiger partial charge in [-0.3, -0.25) is 0 Å². The minimum atomic E-state index is 0.691. The molecule has 0 saturated carbocycles. The largest absolute Gasteiger partial charge is 0.331 e. The molecule has 92 valence electrons. The van der Waals surface area contributed by atoms with Gasteiger partial charge in [0.15, 0.2) is 4.77 Å². The fourth-order valence-corrected chi connectivity index (χ4v) is 3.41. The zero-order valence-corrected chi connectivity index (χ0v) is 12.3. The molecule has 0 atom stereocenters. The number of nitrogens with zero attached hydrogens (tertiary/aromatic N) is 1. The number of aromatic nitrogens is 2. The maximum absolute atomic E-state index is 5.97. The fourth-order valence-electron chi connectivity index (χ4n) is 1.89. The molecule has 1 N–H and O–H groups in total. The van der Waals surface area contributed by atoms with Crippen molar-refractivity contribution in [1.82, 2.24) is 9.55 Å². The maximum Gasteiger partial charge on any atom is 0.178 e. The minimum Gasteiger partial charge on any atom is -0.331 e. The van der Waals surface area contributed by atoms with E-state index in [4.69, 9.17) is 35.4 Å². The molecule has 0 aliphatic heterocycles. The van der Waals surface area contributed by atoms with Crippen LogP contribution in [0.5, 0.6) is 0 Å². The monoisotopic (exact) mass is 314 g/mol. The van der Waals surface area contributed by atoms with E-state index in [-0.39, 0.29) is 0 Å². The number of fused-ring (bicyclic) bond motifs is 1. The summed E-state index contributed by atoms with van der Waals surface area (Å²) in [5, 5.41) is 0.699. The Morgan fingerprint density at radius 3 is 2.78 bits per heavy atom. The lowest BCUT2D eigenvalue weighted by molar-refractivity contribution is 0.823. The highest BCUT2D eigenvalue weighted by Gasteiger charge is 2.07. The molecule has 2 nitrogen and oxygen atoms in total. The molecule has 2 heterocycles. The van der Waals surface area contributed by atoms with Crippen LogP contribution >= 0.6 is 46.8 Å². The number of H-pyrrole nitrogens is 1. The maximum atomic E-state index is 5.97. The molecular weight excluding hydrogens is 307 g/mol. The van der Waals surface area contributed by atoms with Gasteiger partial charge in [-0.15, -0.1) is 11.3 Å². The first-order valence-electron chi connectivity index (χ1n) is 5.26. The Hall–Kier alpha value is -0.810. The van der Waals surface area contributed by atoms with Gasteiger partial charge in [0.05, 0.1) is 21.9 Å². The second-order valence-corrected chi connectivity index (χ2v) is 6.51. The minimum absolute atomic E-state index is 0.691. The van der Waals surface area contributed by atoms with E-state index in [1.165, 1.54) is 4.88 Å². The van der Waals surface area contributed by atoms with Crippen LogP contribution in [-0.4, -0.2) is 9.55 Å². The van der Waals surface area contributed by atoms with Crippen molar-refractivity contribution in [1.29, 1.82) is 0 Å². The molecule has 0 saturated heterocycles. The summed E-state index contributed by atoms with van der Waals surface area (Å²) in [7, 11) is 0. The Bertz CT molecular complexity index is 770. The molecule has 3 aromatic rings. The predicted octanol–water partition coefficient (Wildman–Crippen LogP) is 5.12. The summed E-state index contributed by atoms with van der Waals surface area (Å²) in [6.45, 7) is 0.720. The Morgan fingerprint density at radius 2 is 2.06 bits per heavy atom. The Kier molecular flexibility index (Phi) is 3.20. The van der Waals surface area contributed by atoms with Crippen molar-refractivity contribution in [3.05, 3.63) is 49.3 Å². The van der Waals surface area contributed by atoms with Gasteiger partial charge >= 0.3 is 0 Å². The number of rotatable bonds is 2. The number of aromatic amines is 1. The van der Waals surface area contributed by atoms with Crippen LogP contribution in [0.3, 0.4) is 0 Å². The van der Waals surface area contributed by atoms with E-state index in [0.29, 0.717) is 9.79 Å². The highest BCUT2D eigenvalue weighted by molar-refractivity contribution is 7.71. The zero-order chi connectivity index (χ0) is 12.7. The van der Waals surface area contributed by atoms with E-state index in [9.17, 15) is 0 Å². The van der Waals surface area contributed by atoms with Crippen molar-refractivity contribution >= 4 is 57.8 Å². The van der Waals surface area contributed by atoms with Gasteiger partial charge < -0.3 is 9.55 Å². The molecule has 0 aliphatic rings. The summed E-state index contributed by atoms with van der Waals surface area (Å²) in [6.07, 6.45) is 0. The lowest BCUT2D eigenvalue weighted by Gasteiger charge is -2.02. The van der Waals surface area contributed by atoms with Gasteiger partial charge in [-0.25, -0.2) is 0 Å². The normalized spacial score (nSPS) is 11.2. The van der Waals surface area contributed by atoms with E-state index < -0.39 is 0 Å². The Balaban J connectivity index is 2.11. The first kappa shape index (κ1) is 12.2. The van der Waals surface area contributed by atoms with Crippen LogP contribution in [0.4, 0.5) is 0 Å². The van der Waals surface area contributed by atoms with Crippen LogP contribution in [0.25, 0.3) is 11.0 Å². The summed E-state index contributed by atoms with van der Waals surface area (Å²) >= 11 is 18.8. The molecule has 0 fully saturated rings. The highest BCUT2D eigenvalue weighted by atomic mass is 35.5. The molecule has 0 aliphatic carbocycles. The molecule has 3 rings (SSSR count). The first-order chi connectivity index (χ1) is 8.63. The number of imidazole rings is 1. The van der Waals surface area contributed by atoms with Crippen molar-refractivity contribution < 1.29 is 0 Å². The average molecular weight is 315 g/mol. The smallest absolute Gasteiger partial charge is 0.178 e. The van der Waals surface area contributed by atoms with Gasteiger partial charge in [0, 0.05) is 9.90 Å². The second kappa shape index (κ2) is 4.70. The van der Waals surface area contributed by atoms with Crippen LogP contribution in [0.2, 0.25) is 9.36 Å². The Labute approximate surface area is 123 Å². The van der Waals surface area contributed by atoms with E-state index in [1.54, 1.807) is 11.3 Å². The highest BCUT2D eigenvalue weighted by Crippen LogP contribution is 2.25. The quantitative estimate of drug-likeness (QED) is 0.651. The van der Waals surface area contributed by atoms with Gasteiger partial charge in [0.25, 0.3) is 0 Å². The van der Waals surface area contributed by atoms with Crippen LogP contribution in [0, 0.1) is 4.77 Å². The number of benzene rings is 1. The Morgan fingerprint density at radius 1 is 1.22 bits per heavy atom. The van der Waals surface area contributed by atoms with Crippen LogP contribution in [-0.2, 0) is 6.54 Å². The van der Waals surface area contributed by atoms with E-state index in [2.05, 4.69) is 4.98 Å². The SMILES string of the molecule is S=c1[nH]c2cc(Cl)ccc2n1Cc1ccc(Cl)s1. The van der Waals surface area contributed by atoms with Crippen molar-refractivity contribution in [3.63, 3.8) is 0 Å². The summed E-state index contributed by atoms with van der Waals surface area (Å²) in [4.78, 5) is 4.33. The molecule has 0 radical (unpaired) electrons. The fraction of sp³-hybridized carbons (Fsp3) is 0.0833. The molecule has 1 aromatic carbocycles. The number of hydrogen-bond acceptors (Lipinski definition) is 2. The van der Waals surface area contributed by atoms with Gasteiger partial charge in [-0.05, 0) is 42.5 Å². The standard InChI is InChI=1S/C12H8Cl2N2S2/c13-7-1-3-10-9(5-7)15-12(17)16(10)6-8-2-4-11(14)18-8/h1-5H,6H2,(H,15,17). The van der Waals surface area contributed by atoms with Crippen molar-refractivity contribution in [2.45, 2.75) is 6.54 Å². The molecule has 0 amide bonds.